The van der Waals surface area contributed by atoms with Crippen LogP contribution in [0.3, 0.4) is 0 Å². The monoisotopic (exact) mass is 555 g/mol. The number of rotatable bonds is 7. The van der Waals surface area contributed by atoms with Crippen molar-refractivity contribution in [1.29, 1.82) is 0 Å². The summed E-state index contributed by atoms with van der Waals surface area (Å²) in [4.78, 5) is 30.9. The fraction of sp³-hybridized carbons (Fsp3) is 0.250. The summed E-state index contributed by atoms with van der Waals surface area (Å²) in [5.74, 6) is -1.17. The predicted molar refractivity (Wildman–Crippen MR) is 142 cm³/mol. The summed E-state index contributed by atoms with van der Waals surface area (Å²) in [7, 11) is 0. The van der Waals surface area contributed by atoms with E-state index >= 15 is 0 Å². The molecule has 0 radical (unpaired) electrons. The van der Waals surface area contributed by atoms with Crippen LogP contribution in [-0.4, -0.2) is 36.8 Å². The van der Waals surface area contributed by atoms with Gasteiger partial charge in [-0.15, -0.1) is 0 Å². The Morgan fingerprint density at radius 1 is 1.05 bits per heavy atom. The first kappa shape index (κ1) is 26.0. The number of carbonyl (C=O) groups excluding carboxylic acids is 2. The molecular weight excluding hydrogens is 532 g/mol. The molecule has 3 aromatic rings. The molecule has 7 nitrogen and oxygen atoms in total. The largest absolute Gasteiger partial charge is 0.493 e. The minimum Gasteiger partial charge on any atom is -0.493 e. The zero-order valence-corrected chi connectivity index (χ0v) is 21.7. The lowest BCUT2D eigenvalue weighted by Gasteiger charge is -2.20. The van der Waals surface area contributed by atoms with E-state index in [2.05, 4.69) is 15.8 Å². The van der Waals surface area contributed by atoms with Gasteiger partial charge in [0.1, 0.15) is 17.7 Å². The van der Waals surface area contributed by atoms with Crippen molar-refractivity contribution in [2.75, 3.05) is 13.2 Å². The van der Waals surface area contributed by atoms with Crippen molar-refractivity contribution in [3.63, 3.8) is 0 Å². The van der Waals surface area contributed by atoms with Crippen LogP contribution in [0.5, 0.6) is 5.75 Å². The molecule has 2 heterocycles. The summed E-state index contributed by atoms with van der Waals surface area (Å²) < 4.78 is 19.0. The number of fused-ring (bicyclic) bond motifs is 1. The third-order valence-corrected chi connectivity index (χ3v) is 7.06. The van der Waals surface area contributed by atoms with Crippen molar-refractivity contribution in [3.8, 4) is 5.75 Å². The maximum Gasteiger partial charge on any atom is 0.309 e. The molecule has 0 aromatic heterocycles. The van der Waals surface area contributed by atoms with Gasteiger partial charge in [-0.3, -0.25) is 9.59 Å². The first-order chi connectivity index (χ1) is 18.4. The molecule has 2 atom stereocenters. The maximum absolute atomic E-state index is 13.5. The van der Waals surface area contributed by atoms with Gasteiger partial charge in [0.2, 0.25) is 0 Å². The topological polar surface area (TPSA) is 89.0 Å². The van der Waals surface area contributed by atoms with Crippen molar-refractivity contribution in [3.05, 3.63) is 98.8 Å². The maximum atomic E-state index is 13.5. The fourth-order valence-corrected chi connectivity index (χ4v) is 4.93. The van der Waals surface area contributed by atoms with Crippen LogP contribution < -0.4 is 15.4 Å². The number of hydrogen-bond acceptors (Lipinski definition) is 5. The Morgan fingerprint density at radius 3 is 2.66 bits per heavy atom. The molecule has 196 valence electrons. The standard InChI is InChI=1S/C28H24Cl2FN3O4/c29-20-5-1-17(23(30)13-20)12-24(16-2-6-21(31)7-3-16)33-28(36)27(35)32-15-22-14-25(34-38-22)18-4-8-26-19(11-18)9-10-37-26/h1-8,11,13,22,24H,9-10,12,14-15H2,(H,32,35)(H,33,36). The Hall–Kier alpha value is -3.62. The van der Waals surface area contributed by atoms with E-state index in [1.165, 1.54) is 12.1 Å². The zero-order chi connectivity index (χ0) is 26.6. The molecule has 0 saturated carbocycles. The van der Waals surface area contributed by atoms with Crippen molar-refractivity contribution >= 4 is 40.7 Å². The van der Waals surface area contributed by atoms with Crippen molar-refractivity contribution in [2.24, 2.45) is 5.16 Å². The first-order valence-corrected chi connectivity index (χ1v) is 12.9. The second-order valence-corrected chi connectivity index (χ2v) is 9.96. The van der Waals surface area contributed by atoms with Gasteiger partial charge in [0.15, 0.2) is 0 Å². The number of carbonyl (C=O) groups is 2. The van der Waals surface area contributed by atoms with Gasteiger partial charge in [0.05, 0.1) is 24.9 Å². The highest BCUT2D eigenvalue weighted by atomic mass is 35.5. The van der Waals surface area contributed by atoms with Gasteiger partial charge in [0, 0.05) is 22.9 Å². The summed E-state index contributed by atoms with van der Waals surface area (Å²) in [6, 6.07) is 16.0. The van der Waals surface area contributed by atoms with Gasteiger partial charge in [-0.25, -0.2) is 4.39 Å². The lowest BCUT2D eigenvalue weighted by molar-refractivity contribution is -0.140. The third-order valence-electron chi connectivity index (χ3n) is 6.47. The molecule has 0 saturated heterocycles. The molecule has 2 aliphatic rings. The van der Waals surface area contributed by atoms with Crippen LogP contribution in [0.4, 0.5) is 4.39 Å². The molecular formula is C28H24Cl2FN3O4. The molecule has 3 aromatic carbocycles. The van der Waals surface area contributed by atoms with E-state index in [1.807, 2.05) is 18.2 Å². The summed E-state index contributed by atoms with van der Waals surface area (Å²) in [5.41, 5.74) is 4.20. The van der Waals surface area contributed by atoms with Crippen LogP contribution in [0.25, 0.3) is 0 Å². The van der Waals surface area contributed by atoms with Crippen molar-refractivity contribution < 1.29 is 23.6 Å². The number of oxime groups is 1. The highest BCUT2D eigenvalue weighted by molar-refractivity contribution is 6.35. The number of hydrogen-bond donors (Lipinski definition) is 2. The Kier molecular flexibility index (Phi) is 7.81. The molecule has 2 aliphatic heterocycles. The average Bonchev–Trinajstić information content (AvgIpc) is 3.58. The zero-order valence-electron chi connectivity index (χ0n) is 20.2. The number of halogens is 3. The molecule has 2 N–H and O–H groups in total. The van der Waals surface area contributed by atoms with Gasteiger partial charge in [-0.2, -0.15) is 0 Å². The highest BCUT2D eigenvalue weighted by Crippen LogP contribution is 2.28. The Bertz CT molecular complexity index is 1400. The van der Waals surface area contributed by atoms with Crippen molar-refractivity contribution in [2.45, 2.75) is 31.4 Å². The molecule has 38 heavy (non-hydrogen) atoms. The van der Waals surface area contributed by atoms with Crippen LogP contribution in [-0.2, 0) is 27.3 Å². The second-order valence-electron chi connectivity index (χ2n) is 9.12. The van der Waals surface area contributed by atoms with Crippen LogP contribution in [0, 0.1) is 5.82 Å². The van der Waals surface area contributed by atoms with E-state index in [4.69, 9.17) is 32.8 Å². The molecule has 0 fully saturated rings. The third kappa shape index (κ3) is 6.09. The van der Waals surface area contributed by atoms with Crippen LogP contribution in [0.2, 0.25) is 10.0 Å². The Labute approximate surface area is 228 Å². The first-order valence-electron chi connectivity index (χ1n) is 12.1. The molecule has 5 rings (SSSR count). The van der Waals surface area contributed by atoms with Crippen molar-refractivity contribution in [1.82, 2.24) is 10.6 Å². The Balaban J connectivity index is 1.18. The lowest BCUT2D eigenvalue weighted by atomic mass is 9.98. The SMILES string of the molecule is O=C(NCC1CC(c2ccc3c(c2)CCO3)=NO1)C(=O)NC(Cc1ccc(Cl)cc1Cl)c1ccc(F)cc1. The summed E-state index contributed by atoms with van der Waals surface area (Å²) in [6.07, 6.45) is 1.23. The highest BCUT2D eigenvalue weighted by Gasteiger charge is 2.26. The van der Waals surface area contributed by atoms with Gasteiger partial charge < -0.3 is 20.2 Å². The van der Waals surface area contributed by atoms with E-state index < -0.39 is 29.8 Å². The minimum atomic E-state index is -0.831. The van der Waals surface area contributed by atoms with Gasteiger partial charge in [0.25, 0.3) is 0 Å². The lowest BCUT2D eigenvalue weighted by Crippen LogP contribution is -2.44. The number of benzene rings is 3. The molecule has 0 spiro atoms. The Morgan fingerprint density at radius 2 is 1.87 bits per heavy atom. The van der Waals surface area contributed by atoms with E-state index in [9.17, 15) is 14.0 Å². The number of amides is 2. The number of ether oxygens (including phenoxy) is 1. The van der Waals surface area contributed by atoms with E-state index in [1.54, 1.807) is 30.3 Å². The van der Waals surface area contributed by atoms with Gasteiger partial charge in [-0.1, -0.05) is 46.6 Å². The minimum absolute atomic E-state index is 0.109. The van der Waals surface area contributed by atoms with E-state index in [-0.39, 0.29) is 13.0 Å². The van der Waals surface area contributed by atoms with Gasteiger partial charge in [-0.05, 0) is 71.1 Å². The smallest absolute Gasteiger partial charge is 0.309 e. The summed E-state index contributed by atoms with van der Waals surface area (Å²) in [6.45, 7) is 0.783. The molecule has 0 aliphatic carbocycles. The normalized spacial score (nSPS) is 16.6. The molecule has 2 unspecified atom stereocenters. The summed E-state index contributed by atoms with van der Waals surface area (Å²) >= 11 is 12.3. The molecule has 10 heteroatoms. The van der Waals surface area contributed by atoms with Crippen LogP contribution in [0.15, 0.2) is 65.8 Å². The van der Waals surface area contributed by atoms with Crippen LogP contribution in [0.1, 0.15) is 34.7 Å². The quantitative estimate of drug-likeness (QED) is 0.411. The number of nitrogens with zero attached hydrogens (tertiary/aromatic N) is 1. The van der Waals surface area contributed by atoms with E-state index in [0.717, 1.165) is 29.0 Å². The molecule has 2 amide bonds. The van der Waals surface area contributed by atoms with Crippen LogP contribution >= 0.6 is 23.2 Å². The predicted octanol–water partition coefficient (Wildman–Crippen LogP) is 4.78. The van der Waals surface area contributed by atoms with Gasteiger partial charge >= 0.3 is 11.8 Å². The number of nitrogens with one attached hydrogen (secondary N) is 2. The molecule has 0 bridgehead atoms. The second kappa shape index (κ2) is 11.4. The fourth-order valence-electron chi connectivity index (χ4n) is 4.44. The summed E-state index contributed by atoms with van der Waals surface area (Å²) in [5, 5.41) is 10.4. The van der Waals surface area contributed by atoms with E-state index in [0.29, 0.717) is 34.2 Å². The average molecular weight is 556 g/mol.